The lowest BCUT2D eigenvalue weighted by molar-refractivity contribution is 0.175. The lowest BCUT2D eigenvalue weighted by atomic mass is 9.96. The van der Waals surface area contributed by atoms with Gasteiger partial charge in [0.25, 0.3) is 5.56 Å². The highest BCUT2D eigenvalue weighted by Crippen LogP contribution is 2.36. The fourth-order valence-electron chi connectivity index (χ4n) is 4.90. The van der Waals surface area contributed by atoms with Crippen LogP contribution in [0.1, 0.15) is 31.7 Å². The molecule has 0 saturated heterocycles. The van der Waals surface area contributed by atoms with Gasteiger partial charge in [-0.1, -0.05) is 12.1 Å². The molecular weight excluding hydrogens is 482 g/mol. The number of nitrogens with one attached hydrogen (secondary N) is 1. The molecule has 0 saturated carbocycles. The monoisotopic (exact) mass is 517 g/mol. The fourth-order valence-corrected chi connectivity index (χ4v) is 4.90. The molecule has 0 unspecified atom stereocenters. The van der Waals surface area contributed by atoms with Crippen LogP contribution in [-0.2, 0) is 30.7 Å². The molecule has 3 aromatic rings. The highest BCUT2D eigenvalue weighted by atomic mass is 16.5. The number of allylic oxidation sites excluding steroid dienone is 1. The van der Waals surface area contributed by atoms with Crippen LogP contribution in [0.15, 0.2) is 63.1 Å². The number of aromatic nitrogens is 3. The molecule has 4 rings (SSSR count). The Balaban J connectivity index is 1.65. The number of amides is 1. The van der Waals surface area contributed by atoms with Gasteiger partial charge in [-0.15, -0.1) is 0 Å². The standard InChI is InChI=1S/C28H35N7O3/c1-5-21(31-19-29-3)18-30-14-17-34-24-12-11-23-22(10-9-20(2)35(23)28(37)38-4)27(24)32-25(34)13-16-33-15-7-6-8-26(33)36/h5-8,11-12,15,19-20,30H,3,9-10,13-14,16-18H2,1-2,4H3/b21-5-,31-19?/t20-/m0/s1. The van der Waals surface area contributed by atoms with Crippen LogP contribution in [0.25, 0.3) is 11.0 Å². The van der Waals surface area contributed by atoms with Gasteiger partial charge in [0, 0.05) is 56.5 Å². The van der Waals surface area contributed by atoms with Gasteiger partial charge in [-0.3, -0.25) is 14.7 Å². The van der Waals surface area contributed by atoms with E-state index in [9.17, 15) is 9.59 Å². The number of pyridine rings is 1. The molecule has 10 nitrogen and oxygen atoms in total. The van der Waals surface area contributed by atoms with Gasteiger partial charge in [0.15, 0.2) is 0 Å². The van der Waals surface area contributed by atoms with E-state index in [1.165, 1.54) is 13.4 Å². The van der Waals surface area contributed by atoms with Crippen LogP contribution in [0.5, 0.6) is 0 Å². The Kier molecular flexibility index (Phi) is 8.85. The SMILES string of the molecule is C=NC=N/C(=C\C)CNCCn1c(CCn2ccccc2=O)nc2c3c(ccc21)N(C(=O)OC)[C@@H](C)CC3. The van der Waals surface area contributed by atoms with Crippen molar-refractivity contribution < 1.29 is 9.53 Å². The summed E-state index contributed by atoms with van der Waals surface area (Å²) in [4.78, 5) is 39.6. The predicted molar refractivity (Wildman–Crippen MR) is 151 cm³/mol. The summed E-state index contributed by atoms with van der Waals surface area (Å²) in [6.45, 7) is 9.90. The number of aliphatic imine (C=N–C) groups is 2. The van der Waals surface area contributed by atoms with Crippen molar-refractivity contribution in [2.45, 2.75) is 52.2 Å². The average Bonchev–Trinajstić information content (AvgIpc) is 3.29. The first kappa shape index (κ1) is 27.0. The first-order chi connectivity index (χ1) is 18.5. The molecule has 200 valence electrons. The zero-order chi connectivity index (χ0) is 27.1. The van der Waals surface area contributed by atoms with Crippen molar-refractivity contribution in [3.63, 3.8) is 0 Å². The Labute approximate surface area is 222 Å². The van der Waals surface area contributed by atoms with Gasteiger partial charge < -0.3 is 19.2 Å². The third-order valence-electron chi connectivity index (χ3n) is 6.90. The molecule has 0 bridgehead atoms. The highest BCUT2D eigenvalue weighted by molar-refractivity contribution is 5.95. The molecule has 1 N–H and O–H groups in total. The van der Waals surface area contributed by atoms with Gasteiger partial charge in [-0.25, -0.2) is 14.8 Å². The second kappa shape index (κ2) is 12.5. The molecule has 1 aliphatic heterocycles. The number of aryl methyl sites for hydroxylation is 3. The Bertz CT molecular complexity index is 1420. The second-order valence-corrected chi connectivity index (χ2v) is 9.20. The number of anilines is 1. The molecule has 2 aromatic heterocycles. The molecule has 1 aromatic carbocycles. The maximum absolute atomic E-state index is 12.6. The van der Waals surface area contributed by atoms with Gasteiger partial charge >= 0.3 is 6.09 Å². The van der Waals surface area contributed by atoms with Crippen LogP contribution in [-0.4, -0.2) is 59.5 Å². The van der Waals surface area contributed by atoms with Crippen molar-refractivity contribution in [3.8, 4) is 0 Å². The number of ether oxygens (including phenoxy) is 1. The number of fused-ring (bicyclic) bond motifs is 3. The number of hydrogen-bond acceptors (Lipinski definition) is 6. The summed E-state index contributed by atoms with van der Waals surface area (Å²) >= 11 is 0. The molecule has 1 atom stereocenters. The first-order valence-corrected chi connectivity index (χ1v) is 12.9. The van der Waals surface area contributed by atoms with Crippen molar-refractivity contribution in [1.29, 1.82) is 0 Å². The quantitative estimate of drug-likeness (QED) is 0.251. The molecular formula is C28H35N7O3. The van der Waals surface area contributed by atoms with Crippen LogP contribution in [0, 0.1) is 0 Å². The predicted octanol–water partition coefficient (Wildman–Crippen LogP) is 3.57. The number of carbonyl (C=O) groups is 1. The summed E-state index contributed by atoms with van der Waals surface area (Å²) < 4.78 is 8.98. The summed E-state index contributed by atoms with van der Waals surface area (Å²) in [7, 11) is 1.41. The Hall–Kier alpha value is -4.05. The van der Waals surface area contributed by atoms with Crippen molar-refractivity contribution in [3.05, 3.63) is 70.0 Å². The van der Waals surface area contributed by atoms with Gasteiger partial charge in [-0.05, 0) is 51.6 Å². The molecule has 38 heavy (non-hydrogen) atoms. The molecule has 3 heterocycles. The number of imidazole rings is 1. The van der Waals surface area contributed by atoms with Gasteiger partial charge in [0.1, 0.15) is 12.2 Å². The van der Waals surface area contributed by atoms with Crippen molar-refractivity contribution in [1.82, 2.24) is 19.4 Å². The zero-order valence-electron chi connectivity index (χ0n) is 22.3. The van der Waals surface area contributed by atoms with E-state index in [4.69, 9.17) is 9.72 Å². The largest absolute Gasteiger partial charge is 0.452 e. The lowest BCUT2D eigenvalue weighted by Gasteiger charge is -2.34. The minimum atomic E-state index is -0.362. The number of benzene rings is 1. The molecule has 1 aliphatic rings. The minimum Gasteiger partial charge on any atom is -0.452 e. The molecule has 0 radical (unpaired) electrons. The van der Waals surface area contributed by atoms with Crippen LogP contribution < -0.4 is 15.8 Å². The summed E-state index contributed by atoms with van der Waals surface area (Å²) in [6.07, 6.45) is 7.06. The average molecular weight is 518 g/mol. The minimum absolute atomic E-state index is 0.0367. The van der Waals surface area contributed by atoms with E-state index in [-0.39, 0.29) is 17.7 Å². The maximum atomic E-state index is 12.6. The Morgan fingerprint density at radius 1 is 1.29 bits per heavy atom. The van der Waals surface area contributed by atoms with E-state index >= 15 is 0 Å². The van der Waals surface area contributed by atoms with E-state index in [0.717, 1.165) is 46.6 Å². The van der Waals surface area contributed by atoms with Gasteiger partial charge in [-0.2, -0.15) is 0 Å². The van der Waals surface area contributed by atoms with Crippen molar-refractivity contribution in [2.75, 3.05) is 25.1 Å². The summed E-state index contributed by atoms with van der Waals surface area (Å²) in [5.41, 5.74) is 4.66. The van der Waals surface area contributed by atoms with Crippen LogP contribution in [0.2, 0.25) is 0 Å². The summed E-state index contributed by atoms with van der Waals surface area (Å²) in [5, 5.41) is 3.44. The zero-order valence-corrected chi connectivity index (χ0v) is 22.3. The van der Waals surface area contributed by atoms with Gasteiger partial charge in [0.2, 0.25) is 0 Å². The van der Waals surface area contributed by atoms with Crippen LogP contribution in [0.3, 0.4) is 0 Å². The third-order valence-corrected chi connectivity index (χ3v) is 6.90. The van der Waals surface area contributed by atoms with E-state index in [1.807, 2.05) is 38.1 Å². The molecule has 10 heteroatoms. The van der Waals surface area contributed by atoms with E-state index in [2.05, 4.69) is 26.6 Å². The Morgan fingerprint density at radius 3 is 2.87 bits per heavy atom. The lowest BCUT2D eigenvalue weighted by Crippen LogP contribution is -2.42. The molecule has 1 amide bonds. The summed E-state index contributed by atoms with van der Waals surface area (Å²) in [5.74, 6) is 0.898. The topological polar surface area (TPSA) is 106 Å². The number of rotatable bonds is 10. The molecule has 0 aliphatic carbocycles. The van der Waals surface area contributed by atoms with Gasteiger partial charge in [0.05, 0.1) is 29.5 Å². The van der Waals surface area contributed by atoms with E-state index < -0.39 is 0 Å². The number of nitrogens with zero attached hydrogens (tertiary/aromatic N) is 6. The van der Waals surface area contributed by atoms with E-state index in [0.29, 0.717) is 32.6 Å². The highest BCUT2D eigenvalue weighted by Gasteiger charge is 2.31. The van der Waals surface area contributed by atoms with E-state index in [1.54, 1.807) is 27.8 Å². The normalized spacial score (nSPS) is 15.7. The first-order valence-electron chi connectivity index (χ1n) is 12.9. The van der Waals surface area contributed by atoms with Crippen molar-refractivity contribution >= 4 is 35.9 Å². The molecule has 0 spiro atoms. The third kappa shape index (κ3) is 5.75. The van der Waals surface area contributed by atoms with Crippen LogP contribution in [0.4, 0.5) is 10.5 Å². The fraction of sp³-hybridized carbons (Fsp3) is 0.393. The summed E-state index contributed by atoms with van der Waals surface area (Å²) in [6, 6.07) is 9.24. The Morgan fingerprint density at radius 2 is 2.13 bits per heavy atom. The number of methoxy groups -OCH3 is 1. The number of carbonyl (C=O) groups excluding carboxylic acids is 1. The maximum Gasteiger partial charge on any atom is 0.414 e. The van der Waals surface area contributed by atoms with Crippen molar-refractivity contribution in [2.24, 2.45) is 9.98 Å². The molecule has 0 fully saturated rings. The smallest absolute Gasteiger partial charge is 0.414 e. The second-order valence-electron chi connectivity index (χ2n) is 9.20. The number of hydrogen-bond donors (Lipinski definition) is 1. The van der Waals surface area contributed by atoms with Crippen LogP contribution >= 0.6 is 0 Å².